The van der Waals surface area contributed by atoms with Gasteiger partial charge in [0, 0.05) is 39.8 Å². The smallest absolute Gasteiger partial charge is 0.285 e. The van der Waals surface area contributed by atoms with Crippen LogP contribution in [-0.4, -0.2) is 25.7 Å². The summed E-state index contributed by atoms with van der Waals surface area (Å²) in [5.74, 6) is -0.753. The molecule has 1 aromatic heterocycles. The summed E-state index contributed by atoms with van der Waals surface area (Å²) in [5, 5.41) is 2.84. The topological polar surface area (TPSA) is 54.3 Å². The minimum Gasteiger partial charge on any atom is -0.342 e. The molecule has 5 nitrogen and oxygen atoms in total. The molecule has 1 aliphatic rings. The van der Waals surface area contributed by atoms with Gasteiger partial charge in [0.1, 0.15) is 0 Å². The summed E-state index contributed by atoms with van der Waals surface area (Å²) in [6.07, 6.45) is 3.82. The minimum atomic E-state index is -0.394. The van der Waals surface area contributed by atoms with Crippen molar-refractivity contribution < 1.29 is 9.59 Å². The predicted octanol–water partition coefficient (Wildman–Crippen LogP) is 5.89. The van der Waals surface area contributed by atoms with Crippen LogP contribution >= 0.6 is 35.6 Å². The van der Waals surface area contributed by atoms with Gasteiger partial charge in [-0.2, -0.15) is 5.01 Å². The largest absolute Gasteiger partial charge is 0.342 e. The summed E-state index contributed by atoms with van der Waals surface area (Å²) in [6, 6.07) is 24.4. The number of thioether (sulfide) groups is 1. The average Bonchev–Trinajstić information content (AvgIpc) is 3.33. The number of carbonyl (C=O) groups is 2. The number of benzene rings is 3. The molecule has 1 N–H and O–H groups in total. The lowest BCUT2D eigenvalue weighted by atomic mass is 10.1. The van der Waals surface area contributed by atoms with Crippen LogP contribution in [0.4, 0.5) is 0 Å². The molecule has 5 rings (SSSR count). The summed E-state index contributed by atoms with van der Waals surface area (Å²) < 4.78 is 2.39. The van der Waals surface area contributed by atoms with E-state index in [2.05, 4.69) is 9.99 Å². The van der Waals surface area contributed by atoms with Crippen molar-refractivity contribution in [3.63, 3.8) is 0 Å². The summed E-state index contributed by atoms with van der Waals surface area (Å²) in [6.45, 7) is 0.599. The average molecular weight is 504 g/mol. The molecule has 3 aromatic carbocycles. The van der Waals surface area contributed by atoms with E-state index in [1.54, 1.807) is 24.3 Å². The Bertz CT molecular complexity index is 1460. The number of nitrogens with one attached hydrogen (secondary N) is 1. The number of amides is 2. The first-order valence-corrected chi connectivity index (χ1v) is 12.1. The third kappa shape index (κ3) is 4.37. The van der Waals surface area contributed by atoms with Crippen molar-refractivity contribution in [2.24, 2.45) is 0 Å². The van der Waals surface area contributed by atoms with Crippen LogP contribution in [0.1, 0.15) is 21.5 Å². The van der Waals surface area contributed by atoms with E-state index >= 15 is 0 Å². The molecular formula is C26H18ClN3O2S2. The molecular weight excluding hydrogens is 486 g/mol. The first-order valence-electron chi connectivity index (χ1n) is 10.5. The Morgan fingerprint density at radius 3 is 2.50 bits per heavy atom. The van der Waals surface area contributed by atoms with Crippen LogP contribution in [0.25, 0.3) is 17.0 Å². The van der Waals surface area contributed by atoms with Crippen LogP contribution < -0.4 is 5.43 Å². The second-order valence-electron chi connectivity index (χ2n) is 7.64. The summed E-state index contributed by atoms with van der Waals surface area (Å²) >= 11 is 12.9. The highest BCUT2D eigenvalue weighted by molar-refractivity contribution is 8.26. The van der Waals surface area contributed by atoms with Crippen LogP contribution in [-0.2, 0) is 11.3 Å². The van der Waals surface area contributed by atoms with Crippen LogP contribution in [0.3, 0.4) is 0 Å². The van der Waals surface area contributed by atoms with Gasteiger partial charge in [0.2, 0.25) is 0 Å². The van der Waals surface area contributed by atoms with E-state index in [-0.39, 0.29) is 10.2 Å². The molecule has 1 aliphatic heterocycles. The number of carbonyl (C=O) groups excluding carboxylic acids is 2. The van der Waals surface area contributed by atoms with E-state index in [0.717, 1.165) is 38.8 Å². The van der Waals surface area contributed by atoms with Gasteiger partial charge in [-0.25, -0.2) is 0 Å². The Labute approximate surface area is 211 Å². The molecule has 2 amide bonds. The second-order valence-corrected chi connectivity index (χ2v) is 9.73. The van der Waals surface area contributed by atoms with Gasteiger partial charge in [0.05, 0.1) is 4.91 Å². The Kier molecular flexibility index (Phi) is 6.24. The Morgan fingerprint density at radius 1 is 1.00 bits per heavy atom. The fraction of sp³-hybridized carbons (Fsp3) is 0.0385. The van der Waals surface area contributed by atoms with Gasteiger partial charge in [-0.3, -0.25) is 15.0 Å². The highest BCUT2D eigenvalue weighted by Gasteiger charge is 2.34. The molecule has 168 valence electrons. The molecule has 0 bridgehead atoms. The Balaban J connectivity index is 1.44. The van der Waals surface area contributed by atoms with Crippen LogP contribution in [0, 0.1) is 0 Å². The number of aromatic nitrogens is 1. The van der Waals surface area contributed by atoms with Gasteiger partial charge >= 0.3 is 0 Å². The van der Waals surface area contributed by atoms with Gasteiger partial charge in [0.25, 0.3) is 11.8 Å². The lowest BCUT2D eigenvalue weighted by Gasteiger charge is -2.15. The van der Waals surface area contributed by atoms with E-state index in [1.807, 2.05) is 66.9 Å². The molecule has 0 unspecified atom stereocenters. The molecule has 0 saturated carbocycles. The molecule has 2 heterocycles. The Hall–Kier alpha value is -3.39. The van der Waals surface area contributed by atoms with Gasteiger partial charge in [-0.15, -0.1) is 0 Å². The van der Waals surface area contributed by atoms with Crippen molar-refractivity contribution in [3.8, 4) is 0 Å². The van der Waals surface area contributed by atoms with Crippen molar-refractivity contribution in [2.45, 2.75) is 6.54 Å². The van der Waals surface area contributed by atoms with Gasteiger partial charge in [-0.1, -0.05) is 78.0 Å². The molecule has 34 heavy (non-hydrogen) atoms. The van der Waals surface area contributed by atoms with Crippen molar-refractivity contribution in [1.29, 1.82) is 0 Å². The Morgan fingerprint density at radius 2 is 1.71 bits per heavy atom. The van der Waals surface area contributed by atoms with E-state index < -0.39 is 5.91 Å². The molecule has 1 fully saturated rings. The highest BCUT2D eigenvalue weighted by atomic mass is 35.5. The monoisotopic (exact) mass is 503 g/mol. The van der Waals surface area contributed by atoms with E-state index in [0.29, 0.717) is 22.0 Å². The molecule has 4 aromatic rings. The van der Waals surface area contributed by atoms with E-state index in [1.165, 1.54) is 0 Å². The first kappa shape index (κ1) is 22.4. The molecule has 1 saturated heterocycles. The number of thiocarbonyl (C=S) groups is 1. The maximum atomic E-state index is 13.1. The first-order chi connectivity index (χ1) is 16.5. The number of hydrazine groups is 1. The lowest BCUT2D eigenvalue weighted by Crippen LogP contribution is -2.44. The minimum absolute atomic E-state index is 0.278. The number of rotatable bonds is 5. The number of halogens is 1. The molecule has 0 aliphatic carbocycles. The highest BCUT2D eigenvalue weighted by Crippen LogP contribution is 2.34. The number of para-hydroxylation sites is 1. The normalized spacial score (nSPS) is 14.9. The number of fused-ring (bicyclic) bond motifs is 1. The van der Waals surface area contributed by atoms with E-state index in [4.69, 9.17) is 23.8 Å². The third-order valence-electron chi connectivity index (χ3n) is 5.45. The molecule has 0 radical (unpaired) electrons. The maximum absolute atomic E-state index is 13.1. The van der Waals surface area contributed by atoms with Gasteiger partial charge < -0.3 is 4.57 Å². The summed E-state index contributed by atoms with van der Waals surface area (Å²) in [5.41, 5.74) is 5.98. The standard InChI is InChI=1S/C26H18ClN3O2S2/c27-21-12-6-4-10-18(21)15-29-16-19(20-11-5-7-13-22(20)29)14-23-25(32)30(26(33)34-23)28-24(31)17-8-2-1-3-9-17/h1-14,16H,15H2,(H,28,31)/b23-14+. The maximum Gasteiger partial charge on any atom is 0.285 e. The summed E-state index contributed by atoms with van der Waals surface area (Å²) in [7, 11) is 0. The van der Waals surface area contributed by atoms with E-state index in [9.17, 15) is 9.59 Å². The number of hydrogen-bond donors (Lipinski definition) is 1. The van der Waals surface area contributed by atoms with Crippen molar-refractivity contribution in [1.82, 2.24) is 15.0 Å². The summed E-state index contributed by atoms with van der Waals surface area (Å²) in [4.78, 5) is 26.0. The number of hydrogen-bond acceptors (Lipinski definition) is 4. The zero-order valence-electron chi connectivity index (χ0n) is 17.8. The fourth-order valence-electron chi connectivity index (χ4n) is 3.79. The van der Waals surface area contributed by atoms with Crippen LogP contribution in [0.2, 0.25) is 5.02 Å². The SMILES string of the molecule is O=C(NN1C(=O)/C(=C\c2cn(Cc3ccccc3Cl)c3ccccc23)SC1=S)c1ccccc1. The lowest BCUT2D eigenvalue weighted by molar-refractivity contribution is -0.123. The van der Waals surface area contributed by atoms with Crippen LogP contribution in [0.5, 0.6) is 0 Å². The number of nitrogens with zero attached hydrogens (tertiary/aromatic N) is 2. The zero-order chi connectivity index (χ0) is 23.7. The fourth-order valence-corrected chi connectivity index (χ4v) is 5.16. The van der Waals surface area contributed by atoms with Crippen LogP contribution in [0.15, 0.2) is 90.0 Å². The molecule has 0 spiro atoms. The van der Waals surface area contributed by atoms with Gasteiger partial charge in [0.15, 0.2) is 4.32 Å². The van der Waals surface area contributed by atoms with Crippen molar-refractivity contribution in [3.05, 3.63) is 112 Å². The third-order valence-corrected chi connectivity index (χ3v) is 7.12. The van der Waals surface area contributed by atoms with Gasteiger partial charge in [-0.05, 0) is 48.1 Å². The second kappa shape index (κ2) is 9.46. The van der Waals surface area contributed by atoms with Crippen molar-refractivity contribution >= 4 is 68.7 Å². The zero-order valence-corrected chi connectivity index (χ0v) is 20.2. The quantitative estimate of drug-likeness (QED) is 0.272. The molecule has 0 atom stereocenters. The predicted molar refractivity (Wildman–Crippen MR) is 141 cm³/mol. The molecule has 8 heteroatoms. The van der Waals surface area contributed by atoms with Crippen molar-refractivity contribution in [2.75, 3.05) is 0 Å².